The standard InChI is InChI=1S/C13H23N3S/c1-4-10-8-11(16(3)15-10)9-12(14-2)13-6-5-7-17-13/h8,12-14H,4-7,9H2,1-3H3. The Bertz CT molecular complexity index is 356. The molecule has 1 aromatic heterocycles. The SMILES string of the molecule is CCc1cc(CC(NC)C2CCCS2)n(C)n1. The predicted molar refractivity (Wildman–Crippen MR) is 74.6 cm³/mol. The van der Waals surface area contributed by atoms with E-state index in [4.69, 9.17) is 0 Å². The monoisotopic (exact) mass is 253 g/mol. The van der Waals surface area contributed by atoms with Crippen molar-refractivity contribution in [2.24, 2.45) is 7.05 Å². The van der Waals surface area contributed by atoms with Gasteiger partial charge in [0.25, 0.3) is 0 Å². The Hall–Kier alpha value is -0.480. The number of aromatic nitrogens is 2. The van der Waals surface area contributed by atoms with Gasteiger partial charge in [0.2, 0.25) is 0 Å². The zero-order chi connectivity index (χ0) is 12.3. The minimum absolute atomic E-state index is 0.586. The van der Waals surface area contributed by atoms with Crippen LogP contribution in [0.25, 0.3) is 0 Å². The van der Waals surface area contributed by atoms with Gasteiger partial charge in [-0.15, -0.1) is 0 Å². The summed E-state index contributed by atoms with van der Waals surface area (Å²) in [7, 11) is 4.14. The van der Waals surface area contributed by atoms with Gasteiger partial charge in [0.05, 0.1) is 5.69 Å². The first-order valence-corrected chi connectivity index (χ1v) is 7.60. The minimum Gasteiger partial charge on any atom is -0.316 e. The lowest BCUT2D eigenvalue weighted by molar-refractivity contribution is 0.507. The lowest BCUT2D eigenvalue weighted by atomic mass is 10.0. The number of likely N-dealkylation sites (N-methyl/N-ethyl adjacent to an activating group) is 1. The van der Waals surface area contributed by atoms with E-state index in [1.807, 2.05) is 4.68 Å². The summed E-state index contributed by atoms with van der Waals surface area (Å²) in [5, 5.41) is 8.79. The normalized spacial score (nSPS) is 21.9. The zero-order valence-electron chi connectivity index (χ0n) is 11.1. The van der Waals surface area contributed by atoms with E-state index in [0.717, 1.165) is 18.1 Å². The molecule has 0 bridgehead atoms. The minimum atomic E-state index is 0.586. The zero-order valence-corrected chi connectivity index (χ0v) is 11.9. The first-order chi connectivity index (χ1) is 8.24. The summed E-state index contributed by atoms with van der Waals surface area (Å²) in [6.45, 7) is 2.16. The lowest BCUT2D eigenvalue weighted by Gasteiger charge is -2.22. The Kier molecular flexibility index (Phi) is 4.51. The summed E-state index contributed by atoms with van der Waals surface area (Å²) in [4.78, 5) is 0. The van der Waals surface area contributed by atoms with Crippen LogP contribution in [0.4, 0.5) is 0 Å². The molecule has 1 saturated heterocycles. The fourth-order valence-electron chi connectivity index (χ4n) is 2.50. The summed E-state index contributed by atoms with van der Waals surface area (Å²) < 4.78 is 2.04. The maximum atomic E-state index is 4.53. The summed E-state index contributed by atoms with van der Waals surface area (Å²) in [5.41, 5.74) is 2.56. The lowest BCUT2D eigenvalue weighted by Crippen LogP contribution is -2.37. The van der Waals surface area contributed by atoms with Crippen LogP contribution in [-0.4, -0.2) is 33.9 Å². The van der Waals surface area contributed by atoms with Crippen LogP contribution >= 0.6 is 11.8 Å². The van der Waals surface area contributed by atoms with Gasteiger partial charge >= 0.3 is 0 Å². The molecule has 17 heavy (non-hydrogen) atoms. The van der Waals surface area contributed by atoms with Gasteiger partial charge in [-0.05, 0) is 38.1 Å². The van der Waals surface area contributed by atoms with E-state index < -0.39 is 0 Å². The molecule has 96 valence electrons. The van der Waals surface area contributed by atoms with Crippen LogP contribution in [0.2, 0.25) is 0 Å². The van der Waals surface area contributed by atoms with E-state index in [1.54, 1.807) is 0 Å². The Labute approximate surface area is 108 Å². The van der Waals surface area contributed by atoms with Gasteiger partial charge in [-0.25, -0.2) is 0 Å². The molecule has 3 nitrogen and oxygen atoms in total. The van der Waals surface area contributed by atoms with Crippen LogP contribution < -0.4 is 5.32 Å². The molecule has 2 rings (SSSR count). The summed E-state index contributed by atoms with van der Waals surface area (Å²) >= 11 is 2.12. The van der Waals surface area contributed by atoms with Gasteiger partial charge in [-0.1, -0.05) is 6.92 Å². The Morgan fingerprint density at radius 1 is 1.65 bits per heavy atom. The molecule has 2 unspecified atom stereocenters. The second kappa shape index (κ2) is 5.91. The van der Waals surface area contributed by atoms with E-state index in [9.17, 15) is 0 Å². The number of hydrogen-bond acceptors (Lipinski definition) is 3. The third kappa shape index (κ3) is 3.05. The summed E-state index contributed by atoms with van der Waals surface area (Å²) in [5.74, 6) is 1.33. The molecular weight excluding hydrogens is 230 g/mol. The molecule has 0 spiro atoms. The van der Waals surface area contributed by atoms with E-state index in [-0.39, 0.29) is 0 Å². The molecule has 2 atom stereocenters. The largest absolute Gasteiger partial charge is 0.316 e. The molecular formula is C13H23N3S. The van der Waals surface area contributed by atoms with Crippen molar-refractivity contribution in [2.75, 3.05) is 12.8 Å². The highest BCUT2D eigenvalue weighted by Gasteiger charge is 2.25. The fourth-order valence-corrected chi connectivity index (χ4v) is 3.93. The van der Waals surface area contributed by atoms with Crippen LogP contribution in [0.5, 0.6) is 0 Å². The molecule has 1 aliphatic heterocycles. The summed E-state index contributed by atoms with van der Waals surface area (Å²) in [6, 6.07) is 2.84. The first-order valence-electron chi connectivity index (χ1n) is 6.55. The Balaban J connectivity index is 2.03. The molecule has 4 heteroatoms. The average molecular weight is 253 g/mol. The molecule has 1 aromatic rings. The van der Waals surface area contributed by atoms with E-state index in [0.29, 0.717) is 6.04 Å². The van der Waals surface area contributed by atoms with Crippen LogP contribution in [0, 0.1) is 0 Å². The van der Waals surface area contributed by atoms with Gasteiger partial charge in [0.1, 0.15) is 0 Å². The van der Waals surface area contributed by atoms with Gasteiger partial charge in [0, 0.05) is 30.5 Å². The first kappa shape index (κ1) is 13.0. The van der Waals surface area contributed by atoms with Crippen molar-refractivity contribution in [1.29, 1.82) is 0 Å². The average Bonchev–Trinajstić information content (AvgIpc) is 2.96. The highest BCUT2D eigenvalue weighted by molar-refractivity contribution is 8.00. The molecule has 0 aromatic carbocycles. The highest BCUT2D eigenvalue weighted by atomic mass is 32.2. The van der Waals surface area contributed by atoms with Crippen molar-refractivity contribution in [2.45, 2.75) is 43.9 Å². The van der Waals surface area contributed by atoms with Crippen molar-refractivity contribution >= 4 is 11.8 Å². The smallest absolute Gasteiger partial charge is 0.0624 e. The number of nitrogens with one attached hydrogen (secondary N) is 1. The van der Waals surface area contributed by atoms with Crippen LogP contribution in [0.3, 0.4) is 0 Å². The van der Waals surface area contributed by atoms with E-state index >= 15 is 0 Å². The van der Waals surface area contributed by atoms with Crippen molar-refractivity contribution in [3.63, 3.8) is 0 Å². The van der Waals surface area contributed by atoms with Gasteiger partial charge in [-0.2, -0.15) is 16.9 Å². The fraction of sp³-hybridized carbons (Fsp3) is 0.769. The van der Waals surface area contributed by atoms with Crippen molar-refractivity contribution in [3.05, 3.63) is 17.5 Å². The molecule has 1 aliphatic rings. The second-order valence-corrected chi connectivity index (χ2v) is 6.10. The molecule has 0 radical (unpaired) electrons. The second-order valence-electron chi connectivity index (χ2n) is 4.75. The van der Waals surface area contributed by atoms with Crippen molar-refractivity contribution < 1.29 is 0 Å². The van der Waals surface area contributed by atoms with Crippen LogP contribution in [0.15, 0.2) is 6.07 Å². The number of rotatable bonds is 5. The van der Waals surface area contributed by atoms with Crippen molar-refractivity contribution in [3.8, 4) is 0 Å². The number of nitrogens with zero attached hydrogens (tertiary/aromatic N) is 2. The number of aryl methyl sites for hydroxylation is 2. The number of thioether (sulfide) groups is 1. The van der Waals surface area contributed by atoms with Gasteiger partial charge in [0.15, 0.2) is 0 Å². The quantitative estimate of drug-likeness (QED) is 0.870. The third-order valence-corrected chi connectivity index (χ3v) is 5.12. The van der Waals surface area contributed by atoms with Gasteiger partial charge in [-0.3, -0.25) is 4.68 Å². The van der Waals surface area contributed by atoms with Crippen LogP contribution in [-0.2, 0) is 19.9 Å². The Morgan fingerprint density at radius 2 is 2.47 bits per heavy atom. The molecule has 2 heterocycles. The molecule has 0 saturated carbocycles. The maximum absolute atomic E-state index is 4.53. The predicted octanol–water partition coefficient (Wildman–Crippen LogP) is 2.01. The summed E-state index contributed by atoms with van der Waals surface area (Å²) in [6.07, 6.45) is 4.85. The third-order valence-electron chi connectivity index (χ3n) is 3.60. The molecule has 0 amide bonds. The van der Waals surface area contributed by atoms with Crippen molar-refractivity contribution in [1.82, 2.24) is 15.1 Å². The molecule has 1 fully saturated rings. The van der Waals surface area contributed by atoms with Gasteiger partial charge < -0.3 is 5.32 Å². The van der Waals surface area contributed by atoms with Crippen LogP contribution in [0.1, 0.15) is 31.2 Å². The number of hydrogen-bond donors (Lipinski definition) is 1. The maximum Gasteiger partial charge on any atom is 0.0624 e. The van der Waals surface area contributed by atoms with E-state index in [1.165, 1.54) is 30.0 Å². The Morgan fingerprint density at radius 3 is 3.00 bits per heavy atom. The topological polar surface area (TPSA) is 29.9 Å². The van der Waals surface area contributed by atoms with E-state index in [2.05, 4.69) is 49.3 Å². The molecule has 1 N–H and O–H groups in total. The molecule has 0 aliphatic carbocycles. The highest BCUT2D eigenvalue weighted by Crippen LogP contribution is 2.30.